The van der Waals surface area contributed by atoms with Crippen molar-refractivity contribution in [3.63, 3.8) is 0 Å². The fraction of sp³-hybridized carbons (Fsp3) is 0.308. The molecule has 0 aromatic heterocycles. The lowest BCUT2D eigenvalue weighted by molar-refractivity contribution is -0.136. The predicted octanol–water partition coefficient (Wildman–Crippen LogP) is 0.649. The number of amides is 2. The van der Waals surface area contributed by atoms with E-state index in [1.807, 2.05) is 6.07 Å². The van der Waals surface area contributed by atoms with Gasteiger partial charge in [0.05, 0.1) is 11.6 Å². The van der Waals surface area contributed by atoms with Crippen LogP contribution >= 0.6 is 0 Å². The molecule has 1 rings (SSSR count). The molecule has 0 heterocycles. The van der Waals surface area contributed by atoms with Crippen LogP contribution in [-0.2, 0) is 14.3 Å². The van der Waals surface area contributed by atoms with E-state index in [4.69, 9.17) is 10.00 Å². The van der Waals surface area contributed by atoms with Crippen LogP contribution in [0.1, 0.15) is 12.0 Å². The number of benzene rings is 1. The van der Waals surface area contributed by atoms with Crippen molar-refractivity contribution in [2.75, 3.05) is 25.6 Å². The molecule has 0 radical (unpaired) electrons. The maximum atomic E-state index is 11.5. The molecule has 2 N–H and O–H groups in total. The Labute approximate surface area is 111 Å². The summed E-state index contributed by atoms with van der Waals surface area (Å²) in [6.07, 6.45) is 0.645. The second kappa shape index (κ2) is 7.84. The molecule has 1 aromatic carbocycles. The minimum Gasteiger partial charge on any atom is -0.385 e. The fourth-order valence-corrected chi connectivity index (χ4v) is 1.31. The molecule has 2 amide bonds. The van der Waals surface area contributed by atoms with Gasteiger partial charge in [-0.25, -0.2) is 0 Å². The van der Waals surface area contributed by atoms with E-state index >= 15 is 0 Å². The molecule has 19 heavy (non-hydrogen) atoms. The van der Waals surface area contributed by atoms with Crippen molar-refractivity contribution in [1.82, 2.24) is 5.32 Å². The van der Waals surface area contributed by atoms with Crippen LogP contribution in [-0.4, -0.2) is 32.1 Å². The molecular formula is C13H15N3O3. The molecule has 6 heteroatoms. The zero-order valence-electron chi connectivity index (χ0n) is 10.6. The Bertz CT molecular complexity index is 477. The van der Waals surface area contributed by atoms with Gasteiger partial charge in [-0.1, -0.05) is 0 Å². The smallest absolute Gasteiger partial charge is 0.313 e. The van der Waals surface area contributed by atoms with Gasteiger partial charge in [0.1, 0.15) is 0 Å². The number of anilines is 1. The van der Waals surface area contributed by atoms with Gasteiger partial charge in [0, 0.05) is 25.9 Å². The first-order valence-corrected chi connectivity index (χ1v) is 5.75. The van der Waals surface area contributed by atoms with Crippen molar-refractivity contribution < 1.29 is 14.3 Å². The highest BCUT2D eigenvalue weighted by atomic mass is 16.5. The molecule has 0 bridgehead atoms. The number of rotatable bonds is 5. The third-order valence-corrected chi connectivity index (χ3v) is 2.29. The number of methoxy groups -OCH3 is 1. The summed E-state index contributed by atoms with van der Waals surface area (Å²) in [4.78, 5) is 22.9. The number of nitriles is 1. The summed E-state index contributed by atoms with van der Waals surface area (Å²) in [6.45, 7) is 0.908. The number of hydrogen-bond acceptors (Lipinski definition) is 4. The number of nitrogens with one attached hydrogen (secondary N) is 2. The van der Waals surface area contributed by atoms with Crippen molar-refractivity contribution in [3.05, 3.63) is 29.8 Å². The Hall–Kier alpha value is -2.39. The average Bonchev–Trinajstić information content (AvgIpc) is 2.44. The summed E-state index contributed by atoms with van der Waals surface area (Å²) in [5.74, 6) is -1.43. The summed E-state index contributed by atoms with van der Waals surface area (Å²) in [7, 11) is 1.57. The highest BCUT2D eigenvalue weighted by molar-refractivity contribution is 6.39. The first-order valence-electron chi connectivity index (χ1n) is 5.75. The molecule has 0 atom stereocenters. The normalized spacial score (nSPS) is 9.47. The molecule has 0 unspecified atom stereocenters. The number of carbonyl (C=O) groups is 2. The van der Waals surface area contributed by atoms with Gasteiger partial charge in [-0.3, -0.25) is 9.59 Å². The van der Waals surface area contributed by atoms with Crippen LogP contribution in [0.2, 0.25) is 0 Å². The third kappa shape index (κ3) is 5.19. The Balaban J connectivity index is 2.41. The van der Waals surface area contributed by atoms with E-state index in [9.17, 15) is 9.59 Å². The molecule has 0 spiro atoms. The van der Waals surface area contributed by atoms with Gasteiger partial charge in [-0.05, 0) is 30.7 Å². The van der Waals surface area contributed by atoms with E-state index in [0.29, 0.717) is 30.8 Å². The zero-order valence-corrected chi connectivity index (χ0v) is 10.6. The fourth-order valence-electron chi connectivity index (χ4n) is 1.31. The lowest BCUT2D eigenvalue weighted by Gasteiger charge is -2.06. The van der Waals surface area contributed by atoms with Gasteiger partial charge in [0.15, 0.2) is 0 Å². The average molecular weight is 261 g/mol. The number of ether oxygens (including phenoxy) is 1. The van der Waals surface area contributed by atoms with Gasteiger partial charge in [-0.15, -0.1) is 0 Å². The topological polar surface area (TPSA) is 91.2 Å². The molecule has 6 nitrogen and oxygen atoms in total. The van der Waals surface area contributed by atoms with Crippen LogP contribution in [0.25, 0.3) is 0 Å². The monoisotopic (exact) mass is 261 g/mol. The first kappa shape index (κ1) is 14.7. The molecule has 0 aliphatic carbocycles. The third-order valence-electron chi connectivity index (χ3n) is 2.29. The van der Waals surface area contributed by atoms with Gasteiger partial charge in [0.25, 0.3) is 0 Å². The van der Waals surface area contributed by atoms with E-state index in [1.165, 1.54) is 0 Å². The quantitative estimate of drug-likeness (QED) is 0.601. The maximum Gasteiger partial charge on any atom is 0.313 e. The first-order chi connectivity index (χ1) is 9.17. The molecule has 0 saturated heterocycles. The summed E-state index contributed by atoms with van der Waals surface area (Å²) < 4.78 is 4.82. The largest absolute Gasteiger partial charge is 0.385 e. The van der Waals surface area contributed by atoms with Crippen molar-refractivity contribution in [2.24, 2.45) is 0 Å². The van der Waals surface area contributed by atoms with Crippen molar-refractivity contribution in [3.8, 4) is 6.07 Å². The Morgan fingerprint density at radius 3 is 2.53 bits per heavy atom. The Morgan fingerprint density at radius 2 is 1.95 bits per heavy atom. The lowest BCUT2D eigenvalue weighted by atomic mass is 10.2. The molecule has 0 saturated carbocycles. The van der Waals surface area contributed by atoms with Gasteiger partial charge in [-0.2, -0.15) is 5.26 Å². The van der Waals surface area contributed by atoms with E-state index in [1.54, 1.807) is 31.4 Å². The van der Waals surface area contributed by atoms with Gasteiger partial charge < -0.3 is 15.4 Å². The van der Waals surface area contributed by atoms with Gasteiger partial charge in [0.2, 0.25) is 0 Å². The molecule has 100 valence electrons. The summed E-state index contributed by atoms with van der Waals surface area (Å²) >= 11 is 0. The van der Waals surface area contributed by atoms with Crippen molar-refractivity contribution in [2.45, 2.75) is 6.42 Å². The van der Waals surface area contributed by atoms with E-state index < -0.39 is 11.8 Å². The van der Waals surface area contributed by atoms with Crippen molar-refractivity contribution >= 4 is 17.5 Å². The van der Waals surface area contributed by atoms with Gasteiger partial charge >= 0.3 is 11.8 Å². The predicted molar refractivity (Wildman–Crippen MR) is 69.3 cm³/mol. The highest BCUT2D eigenvalue weighted by Crippen LogP contribution is 2.08. The van der Waals surface area contributed by atoms with Crippen LogP contribution in [0.15, 0.2) is 24.3 Å². The summed E-state index contributed by atoms with van der Waals surface area (Å²) in [5, 5.41) is 13.5. The molecule has 0 aliphatic rings. The Kier molecular flexibility index (Phi) is 6.06. The molecule has 0 fully saturated rings. The van der Waals surface area contributed by atoms with Crippen LogP contribution < -0.4 is 10.6 Å². The summed E-state index contributed by atoms with van der Waals surface area (Å²) in [6, 6.07) is 8.22. The lowest BCUT2D eigenvalue weighted by Crippen LogP contribution is -2.36. The number of nitrogens with zero attached hydrogens (tertiary/aromatic N) is 1. The zero-order chi connectivity index (χ0) is 14.1. The summed E-state index contributed by atoms with van der Waals surface area (Å²) in [5.41, 5.74) is 0.957. The number of carbonyl (C=O) groups excluding carboxylic acids is 2. The number of hydrogen-bond donors (Lipinski definition) is 2. The van der Waals surface area contributed by atoms with E-state index in [2.05, 4.69) is 10.6 Å². The van der Waals surface area contributed by atoms with Crippen LogP contribution in [0, 0.1) is 11.3 Å². The minimum absolute atomic E-state index is 0.382. The van der Waals surface area contributed by atoms with Crippen molar-refractivity contribution in [1.29, 1.82) is 5.26 Å². The van der Waals surface area contributed by atoms with E-state index in [-0.39, 0.29) is 0 Å². The standard InChI is InChI=1S/C13H15N3O3/c1-19-8-2-7-15-12(17)13(18)16-11-5-3-10(9-14)4-6-11/h3-6H,2,7-8H2,1H3,(H,15,17)(H,16,18). The second-order valence-corrected chi connectivity index (χ2v) is 3.75. The molecule has 0 aliphatic heterocycles. The minimum atomic E-state index is -0.734. The van der Waals surface area contributed by atoms with Crippen LogP contribution in [0.4, 0.5) is 5.69 Å². The van der Waals surface area contributed by atoms with E-state index in [0.717, 1.165) is 0 Å². The van der Waals surface area contributed by atoms with Crippen LogP contribution in [0.3, 0.4) is 0 Å². The van der Waals surface area contributed by atoms with Crippen LogP contribution in [0.5, 0.6) is 0 Å². The SMILES string of the molecule is COCCCNC(=O)C(=O)Nc1ccc(C#N)cc1. The molecule has 1 aromatic rings. The Morgan fingerprint density at radius 1 is 1.26 bits per heavy atom. The maximum absolute atomic E-state index is 11.5. The molecular weight excluding hydrogens is 246 g/mol. The second-order valence-electron chi connectivity index (χ2n) is 3.75. The highest BCUT2D eigenvalue weighted by Gasteiger charge is 2.12.